The molecule has 0 unspecified atom stereocenters. The number of hydrogen-bond donors (Lipinski definition) is 1. The van der Waals surface area contributed by atoms with Crippen LogP contribution in [0.4, 0.5) is 0 Å². The molecule has 86 valence electrons. The second-order valence-corrected chi connectivity index (χ2v) is 4.78. The number of rotatable bonds is 1. The molecule has 0 fully saturated rings. The van der Waals surface area contributed by atoms with Crippen molar-refractivity contribution in [3.05, 3.63) is 71.3 Å². The third-order valence-electron chi connectivity index (χ3n) is 3.74. The molecule has 2 aromatic rings. The summed E-state index contributed by atoms with van der Waals surface area (Å²) in [4.78, 5) is 0. The highest BCUT2D eigenvalue weighted by Gasteiger charge is 2.25. The van der Waals surface area contributed by atoms with E-state index in [0.29, 0.717) is 5.92 Å². The van der Waals surface area contributed by atoms with Gasteiger partial charge in [-0.1, -0.05) is 54.6 Å². The third-order valence-corrected chi connectivity index (χ3v) is 3.74. The van der Waals surface area contributed by atoms with E-state index in [-0.39, 0.29) is 6.04 Å². The molecule has 0 aromatic heterocycles. The Morgan fingerprint density at radius 2 is 1.41 bits per heavy atom. The summed E-state index contributed by atoms with van der Waals surface area (Å²) in [7, 11) is 0. The standard InChI is InChI=1S/C16H17N/c17-16-11-10-13(12-6-2-1-3-7-12)14-8-4-5-9-15(14)16/h1-9,13,16H,10-11,17H2/t13-,16-/m1/s1. The van der Waals surface area contributed by atoms with Gasteiger partial charge < -0.3 is 5.73 Å². The lowest BCUT2D eigenvalue weighted by Gasteiger charge is -2.29. The number of benzene rings is 2. The molecule has 1 nitrogen and oxygen atoms in total. The minimum Gasteiger partial charge on any atom is -0.324 e. The van der Waals surface area contributed by atoms with Crippen LogP contribution in [0.5, 0.6) is 0 Å². The fraction of sp³-hybridized carbons (Fsp3) is 0.250. The van der Waals surface area contributed by atoms with Crippen LogP contribution in [0.2, 0.25) is 0 Å². The smallest absolute Gasteiger partial charge is 0.0298 e. The Hall–Kier alpha value is -1.60. The number of nitrogens with two attached hydrogens (primary N) is 1. The van der Waals surface area contributed by atoms with E-state index in [2.05, 4.69) is 54.6 Å². The first-order chi connectivity index (χ1) is 8.36. The van der Waals surface area contributed by atoms with Crippen molar-refractivity contribution < 1.29 is 0 Å². The lowest BCUT2D eigenvalue weighted by atomic mass is 9.77. The molecule has 17 heavy (non-hydrogen) atoms. The van der Waals surface area contributed by atoms with Gasteiger partial charge in [-0.25, -0.2) is 0 Å². The molecule has 0 spiro atoms. The van der Waals surface area contributed by atoms with E-state index in [1.165, 1.54) is 16.7 Å². The molecule has 1 aliphatic rings. The van der Waals surface area contributed by atoms with Gasteiger partial charge in [0.2, 0.25) is 0 Å². The monoisotopic (exact) mass is 223 g/mol. The van der Waals surface area contributed by atoms with Gasteiger partial charge >= 0.3 is 0 Å². The van der Waals surface area contributed by atoms with Crippen molar-refractivity contribution >= 4 is 0 Å². The molecule has 0 radical (unpaired) electrons. The first kappa shape index (κ1) is 10.5. The maximum absolute atomic E-state index is 6.19. The average Bonchev–Trinajstić information content (AvgIpc) is 2.41. The Kier molecular flexibility index (Phi) is 2.69. The topological polar surface area (TPSA) is 26.0 Å². The summed E-state index contributed by atoms with van der Waals surface area (Å²) in [6.45, 7) is 0. The number of hydrogen-bond acceptors (Lipinski definition) is 1. The van der Waals surface area contributed by atoms with Gasteiger partial charge in [-0.05, 0) is 29.5 Å². The minimum atomic E-state index is 0.214. The Morgan fingerprint density at radius 1 is 0.765 bits per heavy atom. The van der Waals surface area contributed by atoms with Crippen LogP contribution in [0.3, 0.4) is 0 Å². The van der Waals surface area contributed by atoms with E-state index in [9.17, 15) is 0 Å². The van der Waals surface area contributed by atoms with Gasteiger partial charge in [0, 0.05) is 12.0 Å². The molecule has 0 amide bonds. The molecule has 2 aromatic carbocycles. The quantitative estimate of drug-likeness (QED) is 0.785. The fourth-order valence-corrected chi connectivity index (χ4v) is 2.85. The Bertz CT molecular complexity index is 504. The average molecular weight is 223 g/mol. The largest absolute Gasteiger partial charge is 0.324 e. The fourth-order valence-electron chi connectivity index (χ4n) is 2.85. The van der Waals surface area contributed by atoms with Crippen LogP contribution in [0.25, 0.3) is 0 Å². The van der Waals surface area contributed by atoms with E-state index in [1.54, 1.807) is 0 Å². The summed E-state index contributed by atoms with van der Waals surface area (Å²) in [5.74, 6) is 0.521. The predicted octanol–water partition coefficient (Wildman–Crippen LogP) is 3.61. The first-order valence-corrected chi connectivity index (χ1v) is 6.25. The maximum Gasteiger partial charge on any atom is 0.0298 e. The van der Waals surface area contributed by atoms with E-state index in [1.807, 2.05) is 0 Å². The summed E-state index contributed by atoms with van der Waals surface area (Å²) in [6.07, 6.45) is 2.23. The molecule has 2 N–H and O–H groups in total. The second-order valence-electron chi connectivity index (χ2n) is 4.78. The van der Waals surface area contributed by atoms with Crippen LogP contribution >= 0.6 is 0 Å². The van der Waals surface area contributed by atoms with Crippen LogP contribution < -0.4 is 5.73 Å². The van der Waals surface area contributed by atoms with Gasteiger partial charge in [0.15, 0.2) is 0 Å². The molecule has 0 saturated carbocycles. The van der Waals surface area contributed by atoms with Gasteiger partial charge in [0.05, 0.1) is 0 Å². The maximum atomic E-state index is 6.19. The van der Waals surface area contributed by atoms with Gasteiger partial charge in [-0.3, -0.25) is 0 Å². The van der Waals surface area contributed by atoms with Gasteiger partial charge in [0.1, 0.15) is 0 Å². The highest BCUT2D eigenvalue weighted by molar-refractivity contribution is 5.41. The van der Waals surface area contributed by atoms with Crippen molar-refractivity contribution in [1.29, 1.82) is 0 Å². The van der Waals surface area contributed by atoms with Crippen LogP contribution in [-0.4, -0.2) is 0 Å². The molecular weight excluding hydrogens is 206 g/mol. The van der Waals surface area contributed by atoms with Crippen LogP contribution in [0.1, 0.15) is 41.5 Å². The molecular formula is C16H17N. The summed E-state index contributed by atoms with van der Waals surface area (Å²) in [5.41, 5.74) is 10.3. The Morgan fingerprint density at radius 3 is 2.18 bits per heavy atom. The van der Waals surface area contributed by atoms with Crippen molar-refractivity contribution in [3.8, 4) is 0 Å². The van der Waals surface area contributed by atoms with Crippen molar-refractivity contribution in [3.63, 3.8) is 0 Å². The second kappa shape index (κ2) is 4.34. The van der Waals surface area contributed by atoms with Crippen molar-refractivity contribution in [2.24, 2.45) is 5.73 Å². The summed E-state index contributed by atoms with van der Waals surface area (Å²) >= 11 is 0. The molecule has 0 saturated heterocycles. The van der Waals surface area contributed by atoms with Crippen LogP contribution in [0.15, 0.2) is 54.6 Å². The van der Waals surface area contributed by atoms with E-state index < -0.39 is 0 Å². The molecule has 0 heterocycles. The lowest BCUT2D eigenvalue weighted by molar-refractivity contribution is 0.530. The molecule has 1 aliphatic carbocycles. The summed E-state index contributed by atoms with van der Waals surface area (Å²) < 4.78 is 0. The van der Waals surface area contributed by atoms with Crippen molar-refractivity contribution in [1.82, 2.24) is 0 Å². The van der Waals surface area contributed by atoms with Crippen molar-refractivity contribution in [2.45, 2.75) is 24.8 Å². The van der Waals surface area contributed by atoms with E-state index in [4.69, 9.17) is 5.73 Å². The van der Waals surface area contributed by atoms with Gasteiger partial charge in [-0.2, -0.15) is 0 Å². The summed E-state index contributed by atoms with van der Waals surface area (Å²) in [6, 6.07) is 19.6. The molecule has 1 heteroatoms. The predicted molar refractivity (Wildman–Crippen MR) is 70.9 cm³/mol. The van der Waals surface area contributed by atoms with Crippen LogP contribution in [-0.2, 0) is 0 Å². The van der Waals surface area contributed by atoms with Gasteiger partial charge in [0.25, 0.3) is 0 Å². The Labute approximate surface area is 102 Å². The Balaban J connectivity index is 2.07. The molecule has 2 atom stereocenters. The normalized spacial score (nSPS) is 23.1. The lowest BCUT2D eigenvalue weighted by Crippen LogP contribution is -2.20. The zero-order valence-electron chi connectivity index (χ0n) is 9.84. The van der Waals surface area contributed by atoms with E-state index >= 15 is 0 Å². The third kappa shape index (κ3) is 1.87. The SMILES string of the molecule is N[C@@H]1CC[C@H](c2ccccc2)c2ccccc21. The van der Waals surface area contributed by atoms with E-state index in [0.717, 1.165) is 12.8 Å². The molecule has 0 bridgehead atoms. The first-order valence-electron chi connectivity index (χ1n) is 6.25. The van der Waals surface area contributed by atoms with Gasteiger partial charge in [-0.15, -0.1) is 0 Å². The zero-order chi connectivity index (χ0) is 11.7. The highest BCUT2D eigenvalue weighted by atomic mass is 14.6. The minimum absolute atomic E-state index is 0.214. The molecule has 3 rings (SSSR count). The summed E-state index contributed by atoms with van der Waals surface area (Å²) in [5, 5.41) is 0. The van der Waals surface area contributed by atoms with Crippen molar-refractivity contribution in [2.75, 3.05) is 0 Å². The zero-order valence-corrected chi connectivity index (χ0v) is 9.84. The highest BCUT2D eigenvalue weighted by Crippen LogP contribution is 2.39. The van der Waals surface area contributed by atoms with Crippen LogP contribution in [0, 0.1) is 0 Å². The molecule has 0 aliphatic heterocycles. The number of fused-ring (bicyclic) bond motifs is 1.